The van der Waals surface area contributed by atoms with Crippen LogP contribution in [0.1, 0.15) is 26.7 Å². The van der Waals surface area contributed by atoms with Gasteiger partial charge in [-0.2, -0.15) is 0 Å². The molecule has 1 aliphatic heterocycles. The number of guanidine groups is 1. The summed E-state index contributed by atoms with van der Waals surface area (Å²) in [5.74, 6) is 2.06. The first-order valence-corrected chi connectivity index (χ1v) is 9.12. The smallest absolute Gasteiger partial charge is 0.194 e. The summed E-state index contributed by atoms with van der Waals surface area (Å²) in [5, 5.41) is 3.40. The molecule has 25 heavy (non-hydrogen) atoms. The predicted octanol–water partition coefficient (Wildman–Crippen LogP) is 2.60. The maximum absolute atomic E-state index is 5.59. The molecule has 142 valence electrons. The van der Waals surface area contributed by atoms with Crippen LogP contribution >= 0.6 is 24.0 Å². The third-order valence-electron chi connectivity index (χ3n) is 4.03. The van der Waals surface area contributed by atoms with Gasteiger partial charge in [0.2, 0.25) is 0 Å². The SMILES string of the molecule is CCCCOCCN=C(NCC)N1CCN(c2ccccn2)CC1.I. The molecule has 1 saturated heterocycles. The van der Waals surface area contributed by atoms with Gasteiger partial charge in [0.05, 0.1) is 13.2 Å². The summed E-state index contributed by atoms with van der Waals surface area (Å²) < 4.78 is 5.59. The monoisotopic (exact) mass is 461 g/mol. The molecule has 1 aromatic heterocycles. The molecule has 0 unspecified atom stereocenters. The van der Waals surface area contributed by atoms with Crippen molar-refractivity contribution < 1.29 is 4.74 Å². The highest BCUT2D eigenvalue weighted by Crippen LogP contribution is 2.12. The van der Waals surface area contributed by atoms with Gasteiger partial charge in [0.1, 0.15) is 5.82 Å². The Hall–Kier alpha value is -1.09. The number of nitrogens with one attached hydrogen (secondary N) is 1. The first-order valence-electron chi connectivity index (χ1n) is 9.12. The highest BCUT2D eigenvalue weighted by atomic mass is 127. The van der Waals surface area contributed by atoms with Crippen LogP contribution in [-0.4, -0.2) is 68.3 Å². The number of nitrogens with zero attached hydrogens (tertiary/aromatic N) is 4. The molecule has 2 heterocycles. The minimum atomic E-state index is 0. The van der Waals surface area contributed by atoms with Crippen molar-refractivity contribution in [2.45, 2.75) is 26.7 Å². The number of ether oxygens (including phenoxy) is 1. The summed E-state index contributed by atoms with van der Waals surface area (Å²) in [6.45, 7) is 11.3. The van der Waals surface area contributed by atoms with Crippen LogP contribution in [0, 0.1) is 0 Å². The zero-order valence-electron chi connectivity index (χ0n) is 15.5. The number of hydrogen-bond acceptors (Lipinski definition) is 4. The quantitative estimate of drug-likeness (QED) is 0.279. The molecule has 1 aliphatic rings. The van der Waals surface area contributed by atoms with Crippen molar-refractivity contribution in [1.29, 1.82) is 0 Å². The number of rotatable bonds is 8. The van der Waals surface area contributed by atoms with Gasteiger partial charge in [-0.3, -0.25) is 4.99 Å². The predicted molar refractivity (Wildman–Crippen MR) is 115 cm³/mol. The van der Waals surface area contributed by atoms with E-state index >= 15 is 0 Å². The zero-order chi connectivity index (χ0) is 17.0. The third kappa shape index (κ3) is 7.77. The topological polar surface area (TPSA) is 53.0 Å². The van der Waals surface area contributed by atoms with Gasteiger partial charge < -0.3 is 19.9 Å². The molecule has 0 spiro atoms. The molecule has 0 radical (unpaired) electrons. The third-order valence-corrected chi connectivity index (χ3v) is 4.03. The van der Waals surface area contributed by atoms with Gasteiger partial charge in [0, 0.05) is 45.5 Å². The van der Waals surface area contributed by atoms with Crippen LogP contribution in [0.3, 0.4) is 0 Å². The number of anilines is 1. The van der Waals surface area contributed by atoms with Gasteiger partial charge in [-0.25, -0.2) is 4.98 Å². The molecule has 0 amide bonds. The molecular weight excluding hydrogens is 429 g/mol. The fraction of sp³-hybridized carbons (Fsp3) is 0.667. The molecule has 1 aromatic rings. The van der Waals surface area contributed by atoms with Gasteiger partial charge in [-0.05, 0) is 25.5 Å². The minimum Gasteiger partial charge on any atom is -0.380 e. The molecule has 0 bridgehead atoms. The molecule has 6 nitrogen and oxygen atoms in total. The number of aliphatic imine (C=N–C) groups is 1. The van der Waals surface area contributed by atoms with Crippen LogP contribution < -0.4 is 10.2 Å². The van der Waals surface area contributed by atoms with Gasteiger partial charge in [-0.1, -0.05) is 19.4 Å². The van der Waals surface area contributed by atoms with E-state index in [1.165, 1.54) is 6.42 Å². The maximum atomic E-state index is 5.59. The maximum Gasteiger partial charge on any atom is 0.194 e. The molecule has 7 heteroatoms. The number of hydrogen-bond donors (Lipinski definition) is 1. The van der Waals surface area contributed by atoms with Crippen LogP contribution in [0.4, 0.5) is 5.82 Å². The molecule has 0 aromatic carbocycles. The van der Waals surface area contributed by atoms with Crippen molar-refractivity contribution in [3.05, 3.63) is 24.4 Å². The van der Waals surface area contributed by atoms with Crippen molar-refractivity contribution in [3.8, 4) is 0 Å². The zero-order valence-corrected chi connectivity index (χ0v) is 17.8. The highest BCUT2D eigenvalue weighted by molar-refractivity contribution is 14.0. The Bertz CT molecular complexity index is 478. The second-order valence-electron chi connectivity index (χ2n) is 5.86. The summed E-state index contributed by atoms with van der Waals surface area (Å²) in [5.41, 5.74) is 0. The van der Waals surface area contributed by atoms with E-state index in [0.717, 1.165) is 57.5 Å². The van der Waals surface area contributed by atoms with E-state index in [0.29, 0.717) is 13.2 Å². The van der Waals surface area contributed by atoms with Crippen molar-refractivity contribution in [3.63, 3.8) is 0 Å². The average Bonchev–Trinajstić information content (AvgIpc) is 2.64. The fourth-order valence-corrected chi connectivity index (χ4v) is 2.68. The molecule has 0 saturated carbocycles. The largest absolute Gasteiger partial charge is 0.380 e. The van der Waals surface area contributed by atoms with Crippen LogP contribution in [0.2, 0.25) is 0 Å². The van der Waals surface area contributed by atoms with E-state index in [1.807, 2.05) is 18.3 Å². The van der Waals surface area contributed by atoms with Crippen LogP contribution in [-0.2, 0) is 4.74 Å². The number of aromatic nitrogens is 1. The second-order valence-corrected chi connectivity index (χ2v) is 5.86. The van der Waals surface area contributed by atoms with Gasteiger partial charge in [0.25, 0.3) is 0 Å². The summed E-state index contributed by atoms with van der Waals surface area (Å²) >= 11 is 0. The molecule has 0 atom stereocenters. The van der Waals surface area contributed by atoms with Gasteiger partial charge in [0.15, 0.2) is 5.96 Å². The Balaban J connectivity index is 0.00000312. The average molecular weight is 461 g/mol. The first kappa shape index (κ1) is 22.0. The van der Waals surface area contributed by atoms with Gasteiger partial charge >= 0.3 is 0 Å². The van der Waals surface area contributed by atoms with E-state index in [2.05, 4.69) is 40.0 Å². The normalized spacial score (nSPS) is 15.0. The summed E-state index contributed by atoms with van der Waals surface area (Å²) in [4.78, 5) is 13.8. The van der Waals surface area contributed by atoms with Crippen molar-refractivity contribution in [2.24, 2.45) is 4.99 Å². The lowest BCUT2D eigenvalue weighted by atomic mass is 10.3. The lowest BCUT2D eigenvalue weighted by Gasteiger charge is -2.37. The van der Waals surface area contributed by atoms with Crippen molar-refractivity contribution in [1.82, 2.24) is 15.2 Å². The van der Waals surface area contributed by atoms with Crippen LogP contribution in [0.5, 0.6) is 0 Å². The van der Waals surface area contributed by atoms with E-state index in [1.54, 1.807) is 0 Å². The van der Waals surface area contributed by atoms with Crippen molar-refractivity contribution in [2.75, 3.05) is 57.4 Å². The Morgan fingerprint density at radius 2 is 2.00 bits per heavy atom. The van der Waals surface area contributed by atoms with Crippen LogP contribution in [0.25, 0.3) is 0 Å². The lowest BCUT2D eigenvalue weighted by Crippen LogP contribution is -2.52. The number of unbranched alkanes of at least 4 members (excludes halogenated alkanes) is 1. The fourth-order valence-electron chi connectivity index (χ4n) is 2.68. The molecule has 0 aliphatic carbocycles. The number of piperazine rings is 1. The minimum absolute atomic E-state index is 0. The summed E-state index contributed by atoms with van der Waals surface area (Å²) in [6.07, 6.45) is 4.15. The van der Waals surface area contributed by atoms with E-state index < -0.39 is 0 Å². The number of pyridine rings is 1. The molecule has 1 fully saturated rings. The number of halogens is 1. The molecular formula is C18H32IN5O. The standard InChI is InChI=1S/C18H31N5O.HI/c1-3-5-15-24-16-10-21-18(19-4-2)23-13-11-22(12-14-23)17-8-6-7-9-20-17;/h6-9H,3-5,10-16H2,1-2H3,(H,19,21);1H. The van der Waals surface area contributed by atoms with E-state index in [9.17, 15) is 0 Å². The van der Waals surface area contributed by atoms with E-state index in [4.69, 9.17) is 9.73 Å². The van der Waals surface area contributed by atoms with Gasteiger partial charge in [-0.15, -0.1) is 24.0 Å². The second kappa shape index (κ2) is 13.2. The van der Waals surface area contributed by atoms with E-state index in [-0.39, 0.29) is 24.0 Å². The lowest BCUT2D eigenvalue weighted by molar-refractivity contribution is 0.138. The Morgan fingerprint density at radius 1 is 1.20 bits per heavy atom. The Labute approximate surface area is 169 Å². The van der Waals surface area contributed by atoms with Crippen LogP contribution in [0.15, 0.2) is 29.4 Å². The highest BCUT2D eigenvalue weighted by Gasteiger charge is 2.20. The Kier molecular flexibility index (Phi) is 11.6. The molecule has 1 N–H and O–H groups in total. The van der Waals surface area contributed by atoms with Crippen molar-refractivity contribution >= 4 is 35.8 Å². The summed E-state index contributed by atoms with van der Waals surface area (Å²) in [7, 11) is 0. The first-order chi connectivity index (χ1) is 11.8. The Morgan fingerprint density at radius 3 is 2.64 bits per heavy atom. The summed E-state index contributed by atoms with van der Waals surface area (Å²) in [6, 6.07) is 6.07. The molecule has 2 rings (SSSR count).